The van der Waals surface area contributed by atoms with Gasteiger partial charge in [-0.1, -0.05) is 146 Å². The summed E-state index contributed by atoms with van der Waals surface area (Å²) >= 11 is 0. The molecule has 0 saturated heterocycles. The van der Waals surface area contributed by atoms with Crippen LogP contribution in [0.25, 0.3) is 77.2 Å². The Kier molecular flexibility index (Phi) is 10.1. The fourth-order valence-electron chi connectivity index (χ4n) is 10.4. The predicted molar refractivity (Wildman–Crippen MR) is 293 cm³/mol. The van der Waals surface area contributed by atoms with E-state index in [1.54, 1.807) is 0 Å². The molecule has 13 rings (SSSR count). The summed E-state index contributed by atoms with van der Waals surface area (Å²) in [6, 6.07) is 93.9. The van der Waals surface area contributed by atoms with Crippen molar-refractivity contribution in [1.29, 1.82) is 0 Å². The Morgan fingerprint density at radius 1 is 0.300 bits per heavy atom. The van der Waals surface area contributed by atoms with Crippen molar-refractivity contribution in [2.75, 3.05) is 9.80 Å². The number of hydrogen-bond acceptors (Lipinski definition) is 3. The Morgan fingerprint density at radius 2 is 0.786 bits per heavy atom. The van der Waals surface area contributed by atoms with Gasteiger partial charge in [0.15, 0.2) is 0 Å². The molecule has 5 nitrogen and oxygen atoms in total. The van der Waals surface area contributed by atoms with Gasteiger partial charge in [0.05, 0.1) is 27.8 Å². The lowest BCUT2D eigenvalue weighted by Gasteiger charge is -2.25. The summed E-state index contributed by atoms with van der Waals surface area (Å²) in [4.78, 5) is 9.16. The Balaban J connectivity index is 1.09. The van der Waals surface area contributed by atoms with Gasteiger partial charge in [-0.2, -0.15) is 0 Å². The summed E-state index contributed by atoms with van der Waals surface area (Å²) in [5.41, 5.74) is 17.8. The fourth-order valence-corrected chi connectivity index (χ4v) is 10.4. The second-order valence-electron chi connectivity index (χ2n) is 17.7. The number of aromatic nitrogens is 3. The van der Waals surface area contributed by atoms with Crippen LogP contribution in [0.5, 0.6) is 0 Å². The molecule has 0 unspecified atom stereocenters. The number of nitrogens with zero attached hydrogens (tertiary/aromatic N) is 5. The number of anilines is 6. The third kappa shape index (κ3) is 7.08. The maximum atomic E-state index is 4.50. The monoisotopic (exact) mass is 895 g/mol. The normalized spacial score (nSPS) is 11.4. The first-order valence-electron chi connectivity index (χ1n) is 23.8. The third-order valence-electron chi connectivity index (χ3n) is 13.5. The molecule has 0 aliphatic rings. The number of para-hydroxylation sites is 4. The number of benzene rings is 10. The molecule has 3 heterocycles. The van der Waals surface area contributed by atoms with E-state index in [9.17, 15) is 0 Å². The first-order valence-corrected chi connectivity index (χ1v) is 23.8. The number of fused-ring (bicyclic) bond motifs is 6. The molecule has 0 atom stereocenters. The molecule has 13 aromatic rings. The molecular formula is C65H45N5. The largest absolute Gasteiger partial charge is 0.311 e. The molecular weight excluding hydrogens is 851 g/mol. The van der Waals surface area contributed by atoms with Crippen LogP contribution in [0.1, 0.15) is 0 Å². The van der Waals surface area contributed by atoms with Gasteiger partial charge in [0.2, 0.25) is 0 Å². The maximum Gasteiger partial charge on any atom is 0.0804 e. The van der Waals surface area contributed by atoms with E-state index in [2.05, 4.69) is 279 Å². The highest BCUT2D eigenvalue weighted by Crippen LogP contribution is 2.46. The van der Waals surface area contributed by atoms with E-state index < -0.39 is 0 Å². The Hall–Kier alpha value is -9.45. The van der Waals surface area contributed by atoms with Gasteiger partial charge in [0, 0.05) is 73.9 Å². The molecule has 0 aliphatic heterocycles. The zero-order valence-corrected chi connectivity index (χ0v) is 38.2. The molecule has 5 heteroatoms. The molecule has 0 amide bonds. The molecule has 70 heavy (non-hydrogen) atoms. The molecule has 0 spiro atoms. The minimum absolute atomic E-state index is 1.07. The SMILES string of the molecule is c1ccc(N(c2ccccc2)c2ccc(-c3ccc4c(c3)c3c(c5cc(N(c6ccccc6)c6ccccc6)ccc5n3-c3cccc5ccccc35)n4-c3cccc(-c4cccnc4)c3)cc2)cc1. The van der Waals surface area contributed by atoms with Crippen molar-refractivity contribution < 1.29 is 0 Å². The predicted octanol–water partition coefficient (Wildman–Crippen LogP) is 17.5. The van der Waals surface area contributed by atoms with Crippen LogP contribution in [-0.2, 0) is 0 Å². The zero-order valence-electron chi connectivity index (χ0n) is 38.2. The van der Waals surface area contributed by atoms with Gasteiger partial charge < -0.3 is 18.9 Å². The quantitative estimate of drug-likeness (QED) is 0.137. The van der Waals surface area contributed by atoms with Crippen molar-refractivity contribution in [3.8, 4) is 33.6 Å². The molecule has 0 radical (unpaired) electrons. The van der Waals surface area contributed by atoms with Crippen LogP contribution in [-0.4, -0.2) is 14.1 Å². The third-order valence-corrected chi connectivity index (χ3v) is 13.5. The molecule has 0 bridgehead atoms. The molecule has 0 fully saturated rings. The van der Waals surface area contributed by atoms with Crippen molar-refractivity contribution in [3.63, 3.8) is 0 Å². The van der Waals surface area contributed by atoms with Gasteiger partial charge in [0.25, 0.3) is 0 Å². The molecule has 0 N–H and O–H groups in total. The summed E-state index contributed by atoms with van der Waals surface area (Å²) in [5, 5.41) is 4.69. The van der Waals surface area contributed by atoms with Crippen LogP contribution in [0.3, 0.4) is 0 Å². The summed E-state index contributed by atoms with van der Waals surface area (Å²) in [6.07, 6.45) is 3.78. The summed E-state index contributed by atoms with van der Waals surface area (Å²) in [5.74, 6) is 0. The van der Waals surface area contributed by atoms with Gasteiger partial charge in [-0.05, 0) is 137 Å². The lowest BCUT2D eigenvalue weighted by molar-refractivity contribution is 1.18. The average Bonchev–Trinajstić information content (AvgIpc) is 3.94. The van der Waals surface area contributed by atoms with Crippen LogP contribution in [0.2, 0.25) is 0 Å². The fraction of sp³-hybridized carbons (Fsp3) is 0. The van der Waals surface area contributed by atoms with Gasteiger partial charge in [-0.25, -0.2) is 0 Å². The van der Waals surface area contributed by atoms with Crippen molar-refractivity contribution >= 4 is 77.7 Å². The Labute approximate surface area is 406 Å². The van der Waals surface area contributed by atoms with Crippen LogP contribution in [0.4, 0.5) is 34.1 Å². The van der Waals surface area contributed by atoms with Crippen molar-refractivity contribution in [1.82, 2.24) is 14.1 Å². The van der Waals surface area contributed by atoms with Gasteiger partial charge in [0.1, 0.15) is 0 Å². The van der Waals surface area contributed by atoms with Gasteiger partial charge in [-0.15, -0.1) is 0 Å². The summed E-state index contributed by atoms with van der Waals surface area (Å²) in [6.45, 7) is 0. The molecule has 0 saturated carbocycles. The van der Waals surface area contributed by atoms with E-state index in [4.69, 9.17) is 0 Å². The molecule has 0 aliphatic carbocycles. The first kappa shape index (κ1) is 40.8. The zero-order chi connectivity index (χ0) is 46.4. The minimum Gasteiger partial charge on any atom is -0.311 e. The van der Waals surface area contributed by atoms with Crippen LogP contribution in [0, 0.1) is 0 Å². The van der Waals surface area contributed by atoms with Crippen LogP contribution >= 0.6 is 0 Å². The highest BCUT2D eigenvalue weighted by molar-refractivity contribution is 6.21. The van der Waals surface area contributed by atoms with Gasteiger partial charge >= 0.3 is 0 Å². The lowest BCUT2D eigenvalue weighted by Crippen LogP contribution is -2.09. The second kappa shape index (κ2) is 17.3. The van der Waals surface area contributed by atoms with E-state index in [1.807, 2.05) is 18.5 Å². The smallest absolute Gasteiger partial charge is 0.0804 e. The second-order valence-corrected chi connectivity index (χ2v) is 17.7. The highest BCUT2D eigenvalue weighted by Gasteiger charge is 2.25. The maximum absolute atomic E-state index is 4.50. The van der Waals surface area contributed by atoms with E-state index in [0.29, 0.717) is 0 Å². The standard InChI is InChI=1S/C65H45N5/c1-5-22-51(23-6-1)67(52-24-7-2-8-25-52)55-36-33-46(34-37-55)49-35-39-62-59(43-49)65-64(69(62)56-30-15-20-48(42-56)50-21-17-41-66-45-50)60-44-57(68(53-26-9-3-10-27-53)54-28-11-4-12-29-54)38-40-63(60)70(65)61-32-16-19-47-18-13-14-31-58(47)61/h1-45H. The average molecular weight is 896 g/mol. The molecule has 330 valence electrons. The Morgan fingerprint density at radius 3 is 1.44 bits per heavy atom. The van der Waals surface area contributed by atoms with E-state index >= 15 is 0 Å². The molecule has 10 aromatic carbocycles. The van der Waals surface area contributed by atoms with Gasteiger partial charge in [-0.3, -0.25) is 4.98 Å². The van der Waals surface area contributed by atoms with Crippen molar-refractivity contribution in [2.24, 2.45) is 0 Å². The topological polar surface area (TPSA) is 29.2 Å². The summed E-state index contributed by atoms with van der Waals surface area (Å²) < 4.78 is 5.00. The Bertz CT molecular complexity index is 3890. The van der Waals surface area contributed by atoms with E-state index in [-0.39, 0.29) is 0 Å². The summed E-state index contributed by atoms with van der Waals surface area (Å²) in [7, 11) is 0. The van der Waals surface area contributed by atoms with Crippen molar-refractivity contribution in [3.05, 3.63) is 273 Å². The van der Waals surface area contributed by atoms with E-state index in [1.165, 1.54) is 10.8 Å². The van der Waals surface area contributed by atoms with E-state index in [0.717, 1.165) is 101 Å². The number of hydrogen-bond donors (Lipinski definition) is 0. The minimum atomic E-state index is 1.07. The first-order chi connectivity index (χ1) is 34.7. The van der Waals surface area contributed by atoms with Crippen LogP contribution < -0.4 is 9.80 Å². The van der Waals surface area contributed by atoms with Crippen LogP contribution in [0.15, 0.2) is 273 Å². The molecule has 3 aromatic heterocycles. The van der Waals surface area contributed by atoms with Crippen molar-refractivity contribution in [2.45, 2.75) is 0 Å². The highest BCUT2D eigenvalue weighted by atomic mass is 15.2. The number of pyridine rings is 1. The number of rotatable bonds is 10. The lowest BCUT2D eigenvalue weighted by atomic mass is 10.0.